The van der Waals surface area contributed by atoms with Crippen molar-refractivity contribution in [1.82, 2.24) is 5.32 Å². The second-order valence-electron chi connectivity index (χ2n) is 6.22. The smallest absolute Gasteiger partial charge is 0.188 e. The summed E-state index contributed by atoms with van der Waals surface area (Å²) in [5, 5.41) is 12.5. The monoisotopic (exact) mass is 411 g/mol. The van der Waals surface area contributed by atoms with Gasteiger partial charge in [0.05, 0.1) is 0 Å². The highest BCUT2D eigenvalue weighted by Gasteiger charge is 2.31. The molecule has 1 fully saturated rings. The van der Waals surface area contributed by atoms with E-state index >= 15 is 0 Å². The van der Waals surface area contributed by atoms with Gasteiger partial charge in [0.1, 0.15) is 0 Å². The molecule has 0 saturated heterocycles. The maximum absolute atomic E-state index is 9.28. The number of hydrogen-bond acceptors (Lipinski definition) is 2. The quantitative estimate of drug-likeness (QED) is 0.236. The standard InChI is InChI=1S/C16H33N3O.HI/c1-2-3-4-8-12-18-15(17)19-14-16(11-13-20)9-6-5-7-10-16;/h20H,2-14H2,1H3,(H3,17,18,19);1H. The number of aliphatic hydroxyl groups excluding tert-OH is 1. The van der Waals surface area contributed by atoms with Crippen LogP contribution >= 0.6 is 24.0 Å². The van der Waals surface area contributed by atoms with Gasteiger partial charge in [-0.15, -0.1) is 24.0 Å². The Morgan fingerprint density at radius 2 is 1.90 bits per heavy atom. The van der Waals surface area contributed by atoms with E-state index in [-0.39, 0.29) is 36.0 Å². The number of unbranched alkanes of at least 4 members (excludes halogenated alkanes) is 3. The van der Waals surface area contributed by atoms with Crippen LogP contribution in [0.25, 0.3) is 0 Å². The fourth-order valence-electron chi connectivity index (χ4n) is 3.10. The Bertz CT molecular complexity index is 273. The zero-order valence-corrected chi connectivity index (χ0v) is 15.9. The number of nitrogens with zero attached hydrogens (tertiary/aromatic N) is 1. The van der Waals surface area contributed by atoms with Crippen molar-refractivity contribution in [2.24, 2.45) is 16.1 Å². The Hall–Kier alpha value is -0.0400. The summed E-state index contributed by atoms with van der Waals surface area (Å²) < 4.78 is 0. The summed E-state index contributed by atoms with van der Waals surface area (Å²) in [6.45, 7) is 4.16. The summed E-state index contributed by atoms with van der Waals surface area (Å²) in [7, 11) is 0. The molecule has 0 radical (unpaired) electrons. The molecule has 1 rings (SSSR count). The molecule has 0 unspecified atom stereocenters. The third-order valence-corrected chi connectivity index (χ3v) is 4.48. The second kappa shape index (κ2) is 12.5. The van der Waals surface area contributed by atoms with Gasteiger partial charge in [0, 0.05) is 19.7 Å². The van der Waals surface area contributed by atoms with Gasteiger partial charge in [-0.3, -0.25) is 4.99 Å². The van der Waals surface area contributed by atoms with Crippen molar-refractivity contribution >= 4 is 29.9 Å². The molecular weight excluding hydrogens is 377 g/mol. The lowest BCUT2D eigenvalue weighted by Crippen LogP contribution is -2.35. The molecule has 0 aromatic rings. The largest absolute Gasteiger partial charge is 0.396 e. The van der Waals surface area contributed by atoms with Gasteiger partial charge in [0.15, 0.2) is 5.96 Å². The third kappa shape index (κ3) is 8.86. The van der Waals surface area contributed by atoms with E-state index in [0.717, 1.165) is 25.9 Å². The average Bonchev–Trinajstić information content (AvgIpc) is 2.46. The Labute approximate surface area is 147 Å². The van der Waals surface area contributed by atoms with Crippen LogP contribution in [0.4, 0.5) is 0 Å². The second-order valence-corrected chi connectivity index (χ2v) is 6.22. The van der Waals surface area contributed by atoms with Gasteiger partial charge < -0.3 is 16.2 Å². The van der Waals surface area contributed by atoms with Crippen LogP contribution in [0.1, 0.15) is 71.1 Å². The van der Waals surface area contributed by atoms with Crippen LogP contribution in [0.5, 0.6) is 0 Å². The van der Waals surface area contributed by atoms with Gasteiger partial charge in [0.2, 0.25) is 0 Å². The molecule has 1 saturated carbocycles. The molecule has 1 aliphatic rings. The van der Waals surface area contributed by atoms with Crippen LogP contribution in [0.2, 0.25) is 0 Å². The fraction of sp³-hybridized carbons (Fsp3) is 0.938. The summed E-state index contributed by atoms with van der Waals surface area (Å²) in [5.74, 6) is 0.574. The number of nitrogens with one attached hydrogen (secondary N) is 1. The van der Waals surface area contributed by atoms with Gasteiger partial charge in [-0.2, -0.15) is 0 Å². The minimum absolute atomic E-state index is 0. The molecule has 126 valence electrons. The first kappa shape index (κ1) is 21.0. The fourth-order valence-corrected chi connectivity index (χ4v) is 3.10. The van der Waals surface area contributed by atoms with Crippen molar-refractivity contribution < 1.29 is 5.11 Å². The van der Waals surface area contributed by atoms with Crippen LogP contribution in [-0.2, 0) is 0 Å². The van der Waals surface area contributed by atoms with Crippen molar-refractivity contribution in [3.05, 3.63) is 0 Å². The molecule has 4 N–H and O–H groups in total. The molecule has 0 atom stereocenters. The van der Waals surface area contributed by atoms with Crippen molar-refractivity contribution in [1.29, 1.82) is 0 Å². The first-order chi connectivity index (χ1) is 9.72. The first-order valence-electron chi connectivity index (χ1n) is 8.37. The lowest BCUT2D eigenvalue weighted by Gasteiger charge is -2.35. The van der Waals surface area contributed by atoms with E-state index in [0.29, 0.717) is 5.96 Å². The third-order valence-electron chi connectivity index (χ3n) is 4.48. The number of nitrogens with two attached hydrogens (primary N) is 1. The van der Waals surface area contributed by atoms with E-state index < -0.39 is 0 Å². The van der Waals surface area contributed by atoms with Crippen molar-refractivity contribution in [2.75, 3.05) is 19.7 Å². The highest BCUT2D eigenvalue weighted by Crippen LogP contribution is 2.39. The van der Waals surface area contributed by atoms with E-state index in [9.17, 15) is 5.11 Å². The Kier molecular flexibility index (Phi) is 12.5. The van der Waals surface area contributed by atoms with E-state index in [1.165, 1.54) is 51.4 Å². The Morgan fingerprint density at radius 3 is 2.52 bits per heavy atom. The van der Waals surface area contributed by atoms with Crippen LogP contribution in [0.3, 0.4) is 0 Å². The molecule has 0 amide bonds. The Morgan fingerprint density at radius 1 is 1.19 bits per heavy atom. The number of rotatable bonds is 9. The molecule has 4 nitrogen and oxygen atoms in total. The maximum Gasteiger partial charge on any atom is 0.188 e. The predicted molar refractivity (Wildman–Crippen MR) is 101 cm³/mol. The first-order valence-corrected chi connectivity index (χ1v) is 8.37. The summed E-state index contributed by atoms with van der Waals surface area (Å²) in [6.07, 6.45) is 12.0. The highest BCUT2D eigenvalue weighted by molar-refractivity contribution is 14.0. The molecule has 0 aliphatic heterocycles. The van der Waals surface area contributed by atoms with Crippen molar-refractivity contribution in [3.8, 4) is 0 Å². The minimum atomic E-state index is 0. The average molecular weight is 411 g/mol. The summed E-state index contributed by atoms with van der Waals surface area (Å²) >= 11 is 0. The Balaban J connectivity index is 0.00000400. The molecule has 21 heavy (non-hydrogen) atoms. The van der Waals surface area contributed by atoms with Gasteiger partial charge in [-0.1, -0.05) is 45.4 Å². The number of aliphatic hydroxyl groups is 1. The molecule has 0 aromatic carbocycles. The number of guanidine groups is 1. The van der Waals surface area contributed by atoms with Crippen molar-refractivity contribution in [2.45, 2.75) is 71.1 Å². The van der Waals surface area contributed by atoms with Crippen LogP contribution < -0.4 is 11.1 Å². The lowest BCUT2D eigenvalue weighted by atomic mass is 9.72. The van der Waals surface area contributed by atoms with Crippen molar-refractivity contribution in [3.63, 3.8) is 0 Å². The van der Waals surface area contributed by atoms with Gasteiger partial charge in [0.25, 0.3) is 0 Å². The zero-order chi connectivity index (χ0) is 14.7. The molecule has 0 bridgehead atoms. The highest BCUT2D eigenvalue weighted by atomic mass is 127. The topological polar surface area (TPSA) is 70.6 Å². The number of aliphatic imine (C=N–C) groups is 1. The minimum Gasteiger partial charge on any atom is -0.396 e. The molecule has 1 aliphatic carbocycles. The normalized spacial score (nSPS) is 18.1. The van der Waals surface area contributed by atoms with E-state index in [2.05, 4.69) is 17.2 Å². The van der Waals surface area contributed by atoms with E-state index in [4.69, 9.17) is 5.73 Å². The summed E-state index contributed by atoms with van der Waals surface area (Å²) in [6, 6.07) is 0. The predicted octanol–water partition coefficient (Wildman–Crippen LogP) is 3.42. The van der Waals surface area contributed by atoms with E-state index in [1.54, 1.807) is 0 Å². The van der Waals surface area contributed by atoms with Gasteiger partial charge >= 0.3 is 0 Å². The van der Waals surface area contributed by atoms with E-state index in [1.807, 2.05) is 0 Å². The summed E-state index contributed by atoms with van der Waals surface area (Å²) in [5.41, 5.74) is 6.13. The summed E-state index contributed by atoms with van der Waals surface area (Å²) in [4.78, 5) is 4.53. The SMILES string of the molecule is CCCCCCNC(N)=NCC1(CCO)CCCCC1.I. The van der Waals surface area contributed by atoms with Crippen LogP contribution in [0.15, 0.2) is 4.99 Å². The molecule has 5 heteroatoms. The van der Waals surface area contributed by atoms with Crippen LogP contribution in [-0.4, -0.2) is 30.8 Å². The van der Waals surface area contributed by atoms with Crippen LogP contribution in [0, 0.1) is 5.41 Å². The maximum atomic E-state index is 9.28. The lowest BCUT2D eigenvalue weighted by molar-refractivity contribution is 0.137. The zero-order valence-electron chi connectivity index (χ0n) is 13.6. The molecular formula is C16H34IN3O. The number of hydrogen-bond donors (Lipinski definition) is 3. The number of halogens is 1. The molecule has 0 aromatic heterocycles. The molecule has 0 spiro atoms. The van der Waals surface area contributed by atoms with Gasteiger partial charge in [-0.25, -0.2) is 0 Å². The van der Waals surface area contributed by atoms with Gasteiger partial charge in [-0.05, 0) is 31.1 Å². The molecule has 0 heterocycles.